The van der Waals surface area contributed by atoms with Gasteiger partial charge in [-0.25, -0.2) is 4.79 Å². The van der Waals surface area contributed by atoms with E-state index in [1.807, 2.05) is 0 Å². The minimum atomic E-state index is -1.11. The number of carboxylic acid groups (broad SMARTS) is 1. The molecule has 0 bridgehead atoms. The second-order valence-electron chi connectivity index (χ2n) is 3.95. The predicted octanol–water partition coefficient (Wildman–Crippen LogP) is -0.0187. The van der Waals surface area contributed by atoms with Gasteiger partial charge in [0.15, 0.2) is 0 Å². The highest BCUT2D eigenvalue weighted by molar-refractivity contribution is 7.15. The Hall–Kier alpha value is -2.22. The number of hydrogen-bond donors (Lipinski definition) is 3. The van der Waals surface area contributed by atoms with Crippen molar-refractivity contribution < 1.29 is 24.3 Å². The van der Waals surface area contributed by atoms with E-state index < -0.39 is 23.8 Å². The fraction of sp³-hybridized carbons (Fsp3) is 0.273. The number of piperidine rings is 1. The van der Waals surface area contributed by atoms with Crippen molar-refractivity contribution in [2.45, 2.75) is 18.9 Å². The lowest BCUT2D eigenvalue weighted by molar-refractivity contribution is -0.134. The van der Waals surface area contributed by atoms with Gasteiger partial charge in [-0.05, 0) is 18.6 Å². The second-order valence-corrected chi connectivity index (χ2v) is 5.03. The third kappa shape index (κ3) is 2.97. The van der Waals surface area contributed by atoms with E-state index in [9.17, 15) is 19.2 Å². The summed E-state index contributed by atoms with van der Waals surface area (Å²) in [6, 6.07) is 1.95. The van der Waals surface area contributed by atoms with Crippen LogP contribution in [0.2, 0.25) is 0 Å². The molecule has 0 radical (unpaired) electrons. The van der Waals surface area contributed by atoms with Gasteiger partial charge >= 0.3 is 5.97 Å². The Balaban J connectivity index is 2.02. The Kier molecular flexibility index (Phi) is 3.61. The normalized spacial score (nSPS) is 18.8. The summed E-state index contributed by atoms with van der Waals surface area (Å²) in [5.41, 5.74) is 0. The molecule has 3 N–H and O–H groups in total. The molecule has 1 aliphatic rings. The zero-order chi connectivity index (χ0) is 14.0. The third-order valence-corrected chi connectivity index (χ3v) is 3.66. The number of rotatable bonds is 3. The number of aromatic carboxylic acids is 1. The summed E-state index contributed by atoms with van der Waals surface area (Å²) in [6.45, 7) is 0. The van der Waals surface area contributed by atoms with Crippen molar-refractivity contribution >= 4 is 35.0 Å². The zero-order valence-corrected chi connectivity index (χ0v) is 10.5. The first-order chi connectivity index (χ1) is 8.97. The highest BCUT2D eigenvalue weighted by Crippen LogP contribution is 2.17. The number of imide groups is 1. The quantitative estimate of drug-likeness (QED) is 0.674. The molecule has 0 aromatic carbocycles. The maximum Gasteiger partial charge on any atom is 0.345 e. The number of thiophene rings is 1. The monoisotopic (exact) mass is 282 g/mol. The molecule has 2 rings (SSSR count). The molecule has 1 fully saturated rings. The average Bonchev–Trinajstić information content (AvgIpc) is 2.82. The summed E-state index contributed by atoms with van der Waals surface area (Å²) < 4.78 is 0. The zero-order valence-electron chi connectivity index (χ0n) is 9.63. The maximum absolute atomic E-state index is 11.8. The summed E-state index contributed by atoms with van der Waals surface area (Å²) in [7, 11) is 0. The Morgan fingerprint density at radius 2 is 2.00 bits per heavy atom. The van der Waals surface area contributed by atoms with Crippen LogP contribution in [0.3, 0.4) is 0 Å². The lowest BCUT2D eigenvalue weighted by Crippen LogP contribution is -2.52. The van der Waals surface area contributed by atoms with Crippen molar-refractivity contribution in [3.8, 4) is 0 Å². The van der Waals surface area contributed by atoms with Crippen molar-refractivity contribution in [1.29, 1.82) is 0 Å². The molecule has 0 spiro atoms. The van der Waals surface area contributed by atoms with E-state index in [0.717, 1.165) is 11.3 Å². The molecule has 100 valence electrons. The van der Waals surface area contributed by atoms with E-state index >= 15 is 0 Å². The Morgan fingerprint density at radius 3 is 2.58 bits per heavy atom. The smallest absolute Gasteiger partial charge is 0.345 e. The first kappa shape index (κ1) is 13.2. The van der Waals surface area contributed by atoms with Gasteiger partial charge in [0.2, 0.25) is 11.8 Å². The van der Waals surface area contributed by atoms with Crippen LogP contribution in [-0.4, -0.2) is 34.8 Å². The van der Waals surface area contributed by atoms with Crippen LogP contribution in [0.5, 0.6) is 0 Å². The Morgan fingerprint density at radius 1 is 1.32 bits per heavy atom. The Labute approximate surface area is 111 Å². The summed E-state index contributed by atoms with van der Waals surface area (Å²) in [5, 5.41) is 13.3. The summed E-state index contributed by atoms with van der Waals surface area (Å²) >= 11 is 0.829. The van der Waals surface area contributed by atoms with Gasteiger partial charge in [-0.1, -0.05) is 0 Å². The summed E-state index contributed by atoms with van der Waals surface area (Å²) in [6.07, 6.45) is 0.412. The highest BCUT2D eigenvalue weighted by atomic mass is 32.1. The van der Waals surface area contributed by atoms with Crippen LogP contribution < -0.4 is 10.6 Å². The van der Waals surface area contributed by atoms with Gasteiger partial charge in [0.25, 0.3) is 5.91 Å². The fourth-order valence-corrected chi connectivity index (χ4v) is 2.38. The number of nitrogens with one attached hydrogen (secondary N) is 2. The van der Waals surface area contributed by atoms with E-state index in [-0.39, 0.29) is 28.5 Å². The molecule has 1 aromatic rings. The van der Waals surface area contributed by atoms with Crippen LogP contribution in [0.15, 0.2) is 12.1 Å². The van der Waals surface area contributed by atoms with E-state index in [0.29, 0.717) is 0 Å². The molecule has 1 saturated heterocycles. The Bertz CT molecular complexity index is 565. The predicted molar refractivity (Wildman–Crippen MR) is 64.9 cm³/mol. The van der Waals surface area contributed by atoms with Crippen molar-refractivity contribution in [2.24, 2.45) is 0 Å². The lowest BCUT2D eigenvalue weighted by Gasteiger charge is -2.21. The van der Waals surface area contributed by atoms with Crippen LogP contribution in [0.25, 0.3) is 0 Å². The van der Waals surface area contributed by atoms with E-state index in [1.165, 1.54) is 12.1 Å². The number of carbonyl (C=O) groups excluding carboxylic acids is 3. The average molecular weight is 282 g/mol. The van der Waals surface area contributed by atoms with E-state index in [4.69, 9.17) is 5.11 Å². The SMILES string of the molecule is O=C1CCC(NC(=O)c2ccc(C(=O)O)s2)C(=O)N1. The number of amides is 3. The van der Waals surface area contributed by atoms with Crippen LogP contribution in [0, 0.1) is 0 Å². The molecule has 0 aliphatic carbocycles. The van der Waals surface area contributed by atoms with Crippen molar-refractivity contribution in [3.05, 3.63) is 21.9 Å². The molecule has 7 nitrogen and oxygen atoms in total. The van der Waals surface area contributed by atoms with Crippen molar-refractivity contribution in [2.75, 3.05) is 0 Å². The van der Waals surface area contributed by atoms with Crippen molar-refractivity contribution in [3.63, 3.8) is 0 Å². The molecule has 3 amide bonds. The summed E-state index contributed by atoms with van der Waals surface area (Å²) in [4.78, 5) is 45.2. The summed E-state index contributed by atoms with van der Waals surface area (Å²) in [5.74, 6) is -2.53. The van der Waals surface area contributed by atoms with Gasteiger partial charge in [0.05, 0.1) is 4.88 Å². The third-order valence-electron chi connectivity index (χ3n) is 2.59. The molecular formula is C11H10N2O5S. The van der Waals surface area contributed by atoms with E-state index in [1.54, 1.807) is 0 Å². The standard InChI is InChI=1S/C11H10N2O5S/c14-8-4-1-5(9(15)13-8)12-10(16)6-2-3-7(19-6)11(17)18/h2-3,5H,1,4H2,(H,12,16)(H,17,18)(H,13,14,15). The molecule has 2 heterocycles. The first-order valence-corrected chi connectivity index (χ1v) is 6.26. The molecular weight excluding hydrogens is 272 g/mol. The van der Waals surface area contributed by atoms with Gasteiger partial charge in [-0.15, -0.1) is 11.3 Å². The van der Waals surface area contributed by atoms with Gasteiger partial charge in [-0.2, -0.15) is 0 Å². The molecule has 0 saturated carbocycles. The minimum absolute atomic E-state index is 0.0495. The molecule has 1 aromatic heterocycles. The van der Waals surface area contributed by atoms with E-state index in [2.05, 4.69) is 10.6 Å². The van der Waals surface area contributed by atoms with Gasteiger partial charge in [0.1, 0.15) is 10.9 Å². The number of carboxylic acids is 1. The fourth-order valence-electron chi connectivity index (χ4n) is 1.64. The highest BCUT2D eigenvalue weighted by Gasteiger charge is 2.28. The molecule has 1 atom stereocenters. The van der Waals surface area contributed by atoms with Gasteiger partial charge < -0.3 is 10.4 Å². The van der Waals surface area contributed by atoms with Crippen LogP contribution in [0.1, 0.15) is 32.2 Å². The lowest BCUT2D eigenvalue weighted by atomic mass is 10.1. The number of carbonyl (C=O) groups is 4. The largest absolute Gasteiger partial charge is 0.477 e. The first-order valence-electron chi connectivity index (χ1n) is 5.45. The second kappa shape index (κ2) is 5.19. The molecule has 1 unspecified atom stereocenters. The maximum atomic E-state index is 11.8. The van der Waals surface area contributed by atoms with Crippen molar-refractivity contribution in [1.82, 2.24) is 10.6 Å². The minimum Gasteiger partial charge on any atom is -0.477 e. The number of hydrogen-bond acceptors (Lipinski definition) is 5. The van der Waals surface area contributed by atoms with Crippen LogP contribution in [0.4, 0.5) is 0 Å². The van der Waals surface area contributed by atoms with Gasteiger partial charge in [-0.3, -0.25) is 19.7 Å². The molecule has 8 heteroatoms. The van der Waals surface area contributed by atoms with Crippen LogP contribution in [-0.2, 0) is 9.59 Å². The topological polar surface area (TPSA) is 113 Å². The molecule has 1 aliphatic heterocycles. The van der Waals surface area contributed by atoms with Gasteiger partial charge in [0, 0.05) is 6.42 Å². The molecule has 19 heavy (non-hydrogen) atoms. The van der Waals surface area contributed by atoms with Crippen LogP contribution >= 0.6 is 11.3 Å².